The first-order chi connectivity index (χ1) is 16.4. The minimum absolute atomic E-state index is 0.782. The monoisotopic (exact) mass is 428 g/mol. The van der Waals surface area contributed by atoms with E-state index in [1.807, 2.05) is 47.3 Å². The molecule has 5 heteroatoms. The summed E-state index contributed by atoms with van der Waals surface area (Å²) in [6.45, 7) is 0. The first-order valence-electron chi connectivity index (χ1n) is 10.8. The van der Waals surface area contributed by atoms with Gasteiger partial charge in [0.1, 0.15) is 5.69 Å². The van der Waals surface area contributed by atoms with Gasteiger partial charge in [-0.05, 0) is 60.7 Å². The zero-order chi connectivity index (χ0) is 22.0. The molecule has 0 unspecified atom stereocenters. The largest absolute Gasteiger partial charge is 0.356 e. The van der Waals surface area contributed by atoms with Crippen molar-refractivity contribution >= 4 is 28.0 Å². The molecule has 0 radical (unpaired) electrons. The topological polar surface area (TPSA) is 47.1 Å². The van der Waals surface area contributed by atoms with E-state index >= 15 is 0 Å². The summed E-state index contributed by atoms with van der Waals surface area (Å²) < 4.78 is 7.42. The van der Waals surface area contributed by atoms with E-state index in [1.165, 1.54) is 0 Å². The number of para-hydroxylation sites is 2. The molecule has 2 heterocycles. The number of anilines is 3. The molecule has 6 aromatic rings. The van der Waals surface area contributed by atoms with E-state index in [4.69, 9.17) is 4.52 Å². The lowest BCUT2D eigenvalue weighted by Crippen LogP contribution is -2.10. The van der Waals surface area contributed by atoms with Crippen LogP contribution in [0, 0.1) is 0 Å². The number of fused-ring (bicyclic) bond motifs is 1. The highest BCUT2D eigenvalue weighted by molar-refractivity contribution is 5.92. The van der Waals surface area contributed by atoms with Crippen LogP contribution in [0.3, 0.4) is 0 Å². The lowest BCUT2D eigenvalue weighted by molar-refractivity contribution is 0.459. The average molecular weight is 428 g/mol. The van der Waals surface area contributed by atoms with Crippen molar-refractivity contribution in [2.24, 2.45) is 0 Å². The number of hydrogen-bond acceptors (Lipinski definition) is 4. The maximum atomic E-state index is 5.56. The van der Waals surface area contributed by atoms with Gasteiger partial charge in [0.15, 0.2) is 5.58 Å². The minimum atomic E-state index is 0.782. The molecule has 33 heavy (non-hydrogen) atoms. The average Bonchev–Trinajstić information content (AvgIpc) is 3.56. The third-order valence-corrected chi connectivity index (χ3v) is 5.63. The summed E-state index contributed by atoms with van der Waals surface area (Å²) in [7, 11) is 0. The molecule has 6 rings (SSSR count). The summed E-state index contributed by atoms with van der Waals surface area (Å²) in [6.07, 6.45) is 3.73. The van der Waals surface area contributed by atoms with Gasteiger partial charge in [-0.15, -0.1) is 0 Å². The molecule has 4 aromatic carbocycles. The fourth-order valence-electron chi connectivity index (χ4n) is 4.11. The molecular formula is C28H20N4O. The van der Waals surface area contributed by atoms with E-state index in [0.29, 0.717) is 0 Å². The van der Waals surface area contributed by atoms with Crippen molar-refractivity contribution < 1.29 is 4.52 Å². The third kappa shape index (κ3) is 3.55. The molecule has 0 spiro atoms. The van der Waals surface area contributed by atoms with Crippen LogP contribution < -0.4 is 4.90 Å². The normalized spacial score (nSPS) is 11.0. The summed E-state index contributed by atoms with van der Waals surface area (Å²) in [5.41, 5.74) is 6.76. The van der Waals surface area contributed by atoms with Gasteiger partial charge >= 0.3 is 0 Å². The summed E-state index contributed by atoms with van der Waals surface area (Å²) >= 11 is 0. The van der Waals surface area contributed by atoms with Crippen molar-refractivity contribution in [3.05, 3.63) is 122 Å². The summed E-state index contributed by atoms with van der Waals surface area (Å²) in [5.74, 6) is 0. The van der Waals surface area contributed by atoms with Gasteiger partial charge in [0, 0.05) is 40.4 Å². The zero-order valence-electron chi connectivity index (χ0n) is 17.7. The predicted molar refractivity (Wildman–Crippen MR) is 131 cm³/mol. The molecule has 0 N–H and O–H groups in total. The second-order valence-corrected chi connectivity index (χ2v) is 7.72. The highest BCUT2D eigenvalue weighted by Crippen LogP contribution is 2.38. The summed E-state index contributed by atoms with van der Waals surface area (Å²) in [4.78, 5) is 2.23. The van der Waals surface area contributed by atoms with Crippen molar-refractivity contribution in [2.75, 3.05) is 4.90 Å². The van der Waals surface area contributed by atoms with Crippen molar-refractivity contribution in [1.29, 1.82) is 0 Å². The van der Waals surface area contributed by atoms with E-state index in [-0.39, 0.29) is 0 Å². The van der Waals surface area contributed by atoms with Gasteiger partial charge in [0.05, 0.1) is 5.69 Å². The maximum Gasteiger partial charge on any atom is 0.167 e. The molecular weight excluding hydrogens is 408 g/mol. The first kappa shape index (κ1) is 19.1. The second kappa shape index (κ2) is 8.13. The Kier molecular flexibility index (Phi) is 4.70. The lowest BCUT2D eigenvalue weighted by Gasteiger charge is -2.26. The number of aromatic nitrogens is 3. The minimum Gasteiger partial charge on any atom is -0.356 e. The van der Waals surface area contributed by atoms with Crippen molar-refractivity contribution in [1.82, 2.24) is 14.9 Å². The van der Waals surface area contributed by atoms with Crippen LogP contribution in [0.25, 0.3) is 27.9 Å². The van der Waals surface area contributed by atoms with E-state index in [9.17, 15) is 0 Å². The smallest absolute Gasteiger partial charge is 0.167 e. The number of nitrogens with zero attached hydrogens (tertiary/aromatic N) is 4. The van der Waals surface area contributed by atoms with Crippen LogP contribution in [-0.2, 0) is 0 Å². The Morgan fingerprint density at radius 3 is 2.27 bits per heavy atom. The zero-order valence-corrected chi connectivity index (χ0v) is 17.7. The maximum absolute atomic E-state index is 5.56. The molecule has 2 aromatic heterocycles. The Morgan fingerprint density at radius 2 is 1.42 bits per heavy atom. The van der Waals surface area contributed by atoms with Gasteiger partial charge in [0.25, 0.3) is 0 Å². The standard InChI is InChI=1S/C28H20N4O/c1-2-10-22(11-3-1)32(25-14-7-12-23(20-25)31-18-8-17-29-31)24-13-6-9-21(19-24)28-26-15-4-5-16-27(26)33-30-28/h1-20H. The molecule has 0 atom stereocenters. The Hall–Kier alpha value is -4.64. The number of hydrogen-bond donors (Lipinski definition) is 0. The predicted octanol–water partition coefficient (Wildman–Crippen LogP) is 7.15. The molecule has 0 saturated heterocycles. The molecule has 5 nitrogen and oxygen atoms in total. The molecule has 0 saturated carbocycles. The van der Waals surface area contributed by atoms with Crippen LogP contribution in [0.5, 0.6) is 0 Å². The van der Waals surface area contributed by atoms with Crippen LogP contribution in [0.15, 0.2) is 126 Å². The van der Waals surface area contributed by atoms with Gasteiger partial charge in [-0.1, -0.05) is 53.7 Å². The van der Waals surface area contributed by atoms with E-state index in [1.54, 1.807) is 6.20 Å². The molecule has 158 valence electrons. The van der Waals surface area contributed by atoms with Crippen LogP contribution in [0.1, 0.15) is 0 Å². The third-order valence-electron chi connectivity index (χ3n) is 5.63. The molecule has 0 bridgehead atoms. The Balaban J connectivity index is 1.50. The molecule has 0 aliphatic carbocycles. The van der Waals surface area contributed by atoms with Crippen molar-refractivity contribution in [2.45, 2.75) is 0 Å². The SMILES string of the molecule is c1ccc(N(c2cccc(-c3noc4ccccc34)c2)c2cccc(-n3cccn3)c2)cc1. The van der Waals surface area contributed by atoms with Gasteiger partial charge < -0.3 is 9.42 Å². The van der Waals surface area contributed by atoms with Crippen molar-refractivity contribution in [3.8, 4) is 16.9 Å². The van der Waals surface area contributed by atoms with Crippen LogP contribution >= 0.6 is 0 Å². The number of benzene rings is 4. The molecule has 0 amide bonds. The Bertz CT molecular complexity index is 1520. The fraction of sp³-hybridized carbons (Fsp3) is 0. The Labute approximate surface area is 191 Å². The summed E-state index contributed by atoms with van der Waals surface area (Å²) in [5, 5.41) is 9.74. The number of rotatable bonds is 5. The van der Waals surface area contributed by atoms with E-state index in [0.717, 1.165) is 45.0 Å². The summed E-state index contributed by atoms with van der Waals surface area (Å²) in [6, 6.07) is 36.9. The highest BCUT2D eigenvalue weighted by Gasteiger charge is 2.16. The molecule has 0 aliphatic rings. The Morgan fingerprint density at radius 1 is 0.667 bits per heavy atom. The van der Waals surface area contributed by atoms with Gasteiger partial charge in [-0.2, -0.15) is 5.10 Å². The molecule has 0 fully saturated rings. The van der Waals surface area contributed by atoms with Gasteiger partial charge in [-0.25, -0.2) is 4.68 Å². The van der Waals surface area contributed by atoms with Crippen LogP contribution in [0.2, 0.25) is 0 Å². The van der Waals surface area contributed by atoms with Gasteiger partial charge in [-0.3, -0.25) is 0 Å². The van der Waals surface area contributed by atoms with Crippen LogP contribution in [0.4, 0.5) is 17.1 Å². The van der Waals surface area contributed by atoms with E-state index < -0.39 is 0 Å². The van der Waals surface area contributed by atoms with Crippen molar-refractivity contribution in [3.63, 3.8) is 0 Å². The fourth-order valence-corrected chi connectivity index (χ4v) is 4.11. The second-order valence-electron chi connectivity index (χ2n) is 7.72. The van der Waals surface area contributed by atoms with E-state index in [2.05, 4.69) is 88.0 Å². The highest BCUT2D eigenvalue weighted by atomic mass is 16.5. The van der Waals surface area contributed by atoms with Crippen LogP contribution in [-0.4, -0.2) is 14.9 Å². The first-order valence-corrected chi connectivity index (χ1v) is 10.8. The van der Waals surface area contributed by atoms with Gasteiger partial charge in [0.2, 0.25) is 0 Å². The molecule has 0 aliphatic heterocycles. The quantitative estimate of drug-likeness (QED) is 0.292. The lowest BCUT2D eigenvalue weighted by atomic mass is 10.1.